The summed E-state index contributed by atoms with van der Waals surface area (Å²) in [7, 11) is -4.44. The molecule has 5 atom stereocenters. The Morgan fingerprint density at radius 1 is 1.00 bits per heavy atom. The van der Waals surface area contributed by atoms with Crippen LogP contribution in [0.4, 0.5) is 24.6 Å². The lowest BCUT2D eigenvalue weighted by molar-refractivity contribution is -0.117. The van der Waals surface area contributed by atoms with Crippen LogP contribution in [0.1, 0.15) is 88.5 Å². The van der Waals surface area contributed by atoms with Crippen molar-refractivity contribution in [3.63, 3.8) is 0 Å². The second-order valence-electron chi connectivity index (χ2n) is 14.9. The third-order valence-electron chi connectivity index (χ3n) is 6.44. The number of rotatable bonds is 13. The number of thioether (sulfide) groups is 2. The summed E-state index contributed by atoms with van der Waals surface area (Å²) in [5, 5.41) is -1.95. The van der Waals surface area contributed by atoms with Gasteiger partial charge in [0.1, 0.15) is 22.7 Å². The summed E-state index contributed by atoms with van der Waals surface area (Å²) in [5.41, 5.74) is -3.60. The van der Waals surface area contributed by atoms with E-state index in [-0.39, 0.29) is 24.1 Å². The molecule has 2 rings (SSSR count). The molecule has 1 unspecified atom stereocenters. The molecule has 0 saturated carbocycles. The van der Waals surface area contributed by atoms with Crippen LogP contribution in [0.2, 0.25) is 0 Å². The van der Waals surface area contributed by atoms with E-state index in [1.807, 2.05) is 0 Å². The zero-order valence-corrected chi connectivity index (χ0v) is 34.2. The molecule has 0 bridgehead atoms. The van der Waals surface area contributed by atoms with E-state index in [1.54, 1.807) is 83.1 Å². The van der Waals surface area contributed by atoms with Crippen LogP contribution in [-0.2, 0) is 41.9 Å². The SMILES string of the molecule is CC(C)OC(=O)OCOP(=O)(OCCSC(=O)C(C)(C)C)OC[C@H]1S[C@@H](n2ccc(N(C(=O)OC(C)(C)C)C(=O)OC(C)(C)C)nc2=O)[C@@H](F)[C@@H]1C. The monoisotopic (exact) mass is 799 g/mol. The molecule has 1 saturated heterocycles. The number of nitrogens with zero attached hydrogens (tertiary/aromatic N) is 3. The maximum absolute atomic E-state index is 15.8. The van der Waals surface area contributed by atoms with Crippen molar-refractivity contribution in [3.8, 4) is 0 Å². The number of hydrogen-bond acceptors (Lipinski definition) is 16. The second kappa shape index (κ2) is 18.6. The molecule has 1 aromatic rings. The molecule has 296 valence electrons. The van der Waals surface area contributed by atoms with E-state index in [2.05, 4.69) is 4.98 Å². The Balaban J connectivity index is 2.24. The lowest BCUT2D eigenvalue weighted by atomic mass is 10.00. The summed E-state index contributed by atoms with van der Waals surface area (Å²) in [5.74, 6) is -1.04. The number of carbonyl (C=O) groups excluding carboxylic acids is 4. The third kappa shape index (κ3) is 14.6. The number of amides is 2. The molecule has 1 aliphatic rings. The molecule has 52 heavy (non-hydrogen) atoms. The van der Waals surface area contributed by atoms with E-state index in [0.717, 1.165) is 28.1 Å². The fraction of sp³-hybridized carbons (Fsp3) is 0.750. The molecule has 1 aliphatic heterocycles. The van der Waals surface area contributed by atoms with Crippen LogP contribution < -0.4 is 10.6 Å². The highest BCUT2D eigenvalue weighted by molar-refractivity contribution is 8.13. The molecule has 0 aromatic carbocycles. The molecular weight excluding hydrogens is 748 g/mol. The molecule has 1 aromatic heterocycles. The largest absolute Gasteiger partial charge is 0.510 e. The average Bonchev–Trinajstić information content (AvgIpc) is 3.24. The van der Waals surface area contributed by atoms with Crippen LogP contribution in [0.3, 0.4) is 0 Å². The predicted octanol–water partition coefficient (Wildman–Crippen LogP) is 7.49. The molecule has 0 radical (unpaired) electrons. The van der Waals surface area contributed by atoms with Crippen molar-refractivity contribution in [1.29, 1.82) is 0 Å². The lowest BCUT2D eigenvalue weighted by Crippen LogP contribution is -2.45. The van der Waals surface area contributed by atoms with Gasteiger partial charge in [-0.3, -0.25) is 18.4 Å². The minimum absolute atomic E-state index is 0.109. The number of hydrogen-bond donors (Lipinski definition) is 0. The first kappa shape index (κ1) is 45.5. The Kier molecular flexibility index (Phi) is 16.2. The van der Waals surface area contributed by atoms with Gasteiger partial charge in [0.2, 0.25) is 6.79 Å². The molecule has 0 spiro atoms. The Bertz CT molecular complexity index is 1500. The van der Waals surface area contributed by atoms with Gasteiger partial charge in [-0.25, -0.2) is 32.7 Å². The van der Waals surface area contributed by atoms with Gasteiger partial charge >= 0.3 is 31.9 Å². The molecule has 0 N–H and O–H groups in total. The minimum atomic E-state index is -4.44. The number of halogens is 1. The predicted molar refractivity (Wildman–Crippen MR) is 193 cm³/mol. The molecule has 16 nitrogen and oxygen atoms in total. The van der Waals surface area contributed by atoms with Gasteiger partial charge in [-0.2, -0.15) is 9.88 Å². The molecular formula is C32H51FN3O13PS2. The number of phosphoric ester groups is 1. The number of alkyl halides is 1. The highest BCUT2D eigenvalue weighted by Gasteiger charge is 2.45. The van der Waals surface area contributed by atoms with Crippen LogP contribution in [0.15, 0.2) is 17.1 Å². The Labute approximate surface area is 312 Å². The summed E-state index contributed by atoms with van der Waals surface area (Å²) >= 11 is 1.95. The Hall–Kier alpha value is -2.70. The van der Waals surface area contributed by atoms with Gasteiger partial charge in [0, 0.05) is 28.5 Å². The first-order valence-corrected chi connectivity index (χ1v) is 19.8. The van der Waals surface area contributed by atoms with Gasteiger partial charge < -0.3 is 18.9 Å². The first-order valence-electron chi connectivity index (χ1n) is 16.4. The Morgan fingerprint density at radius 3 is 2.08 bits per heavy atom. The normalized spacial score (nSPS) is 20.6. The molecule has 1 fully saturated rings. The van der Waals surface area contributed by atoms with E-state index in [0.29, 0.717) is 4.90 Å². The summed E-state index contributed by atoms with van der Waals surface area (Å²) in [6.45, 7) is 18.1. The third-order valence-corrected chi connectivity index (χ3v) is 10.8. The minimum Gasteiger partial charge on any atom is -0.443 e. The highest BCUT2D eigenvalue weighted by atomic mass is 32.2. The van der Waals surface area contributed by atoms with Gasteiger partial charge in [-0.1, -0.05) is 39.5 Å². The average molecular weight is 800 g/mol. The number of carbonyl (C=O) groups is 4. The van der Waals surface area contributed by atoms with Gasteiger partial charge in [0.15, 0.2) is 10.9 Å². The van der Waals surface area contributed by atoms with Gasteiger partial charge in [0.05, 0.1) is 19.3 Å². The van der Waals surface area contributed by atoms with Crippen molar-refractivity contribution in [3.05, 3.63) is 22.7 Å². The van der Waals surface area contributed by atoms with Crippen molar-refractivity contribution in [2.24, 2.45) is 11.3 Å². The first-order chi connectivity index (χ1) is 23.7. The van der Waals surface area contributed by atoms with Gasteiger partial charge in [-0.15, -0.1) is 11.8 Å². The fourth-order valence-electron chi connectivity index (χ4n) is 3.99. The standard InChI is InChI=1S/C32H51FN3O13PS2/c1-19(2)47-29(41)43-18-46-50(42,44-15-16-51-25(37)30(4,5)6)45-17-21-20(3)23(33)24(52-21)35-14-13-22(34-26(35)38)36(27(39)48-31(7,8)9)28(40)49-32(10,11)12/h13-14,19-21,23-24H,15-18H2,1-12H3/t20-,21-,23+,24-,50?/m1/s1. The van der Waals surface area contributed by atoms with Gasteiger partial charge in [0.25, 0.3) is 0 Å². The van der Waals surface area contributed by atoms with Crippen LogP contribution >= 0.6 is 31.3 Å². The van der Waals surface area contributed by atoms with Crippen molar-refractivity contribution in [2.45, 2.75) is 117 Å². The smallest absolute Gasteiger partial charge is 0.443 e. The molecule has 20 heteroatoms. The molecule has 0 aliphatic carbocycles. The van der Waals surface area contributed by atoms with E-state index >= 15 is 4.39 Å². The summed E-state index contributed by atoms with van der Waals surface area (Å²) in [4.78, 5) is 67.7. The fourth-order valence-corrected chi connectivity index (χ4v) is 7.66. The van der Waals surface area contributed by atoms with Crippen molar-refractivity contribution < 1.29 is 60.7 Å². The number of anilines is 1. The number of imide groups is 1. The van der Waals surface area contributed by atoms with Crippen molar-refractivity contribution in [2.75, 3.05) is 30.7 Å². The van der Waals surface area contributed by atoms with E-state index in [9.17, 15) is 28.5 Å². The number of ether oxygens (including phenoxy) is 4. The van der Waals surface area contributed by atoms with E-state index < -0.39 is 89.9 Å². The quantitative estimate of drug-likeness (QED) is 0.0627. The Morgan fingerprint density at radius 2 is 1.58 bits per heavy atom. The van der Waals surface area contributed by atoms with Crippen LogP contribution in [0.25, 0.3) is 0 Å². The van der Waals surface area contributed by atoms with E-state index in [4.69, 9.17) is 32.5 Å². The van der Waals surface area contributed by atoms with Crippen LogP contribution in [0, 0.1) is 11.3 Å². The van der Waals surface area contributed by atoms with Crippen molar-refractivity contribution in [1.82, 2.24) is 9.55 Å². The number of aromatic nitrogens is 2. The van der Waals surface area contributed by atoms with Crippen LogP contribution in [0.5, 0.6) is 0 Å². The summed E-state index contributed by atoms with van der Waals surface area (Å²) in [6.07, 6.45) is -4.28. The topological polar surface area (TPSA) is 188 Å². The van der Waals surface area contributed by atoms with Gasteiger partial charge in [-0.05, 0) is 61.5 Å². The summed E-state index contributed by atoms with van der Waals surface area (Å²) in [6, 6.07) is 1.18. The maximum Gasteiger partial charge on any atom is 0.510 e. The summed E-state index contributed by atoms with van der Waals surface area (Å²) < 4.78 is 66.8. The second-order valence-corrected chi connectivity index (χ2v) is 19.0. The number of phosphoric acid groups is 1. The maximum atomic E-state index is 15.8. The van der Waals surface area contributed by atoms with Crippen LogP contribution in [-0.4, -0.2) is 87.5 Å². The molecule has 2 heterocycles. The lowest BCUT2D eigenvalue weighted by Gasteiger charge is -2.28. The highest BCUT2D eigenvalue weighted by Crippen LogP contribution is 2.53. The zero-order chi connectivity index (χ0) is 39.8. The molecule has 2 amide bonds. The van der Waals surface area contributed by atoms with Crippen molar-refractivity contribution >= 4 is 60.6 Å². The zero-order valence-electron chi connectivity index (χ0n) is 31.7. The van der Waals surface area contributed by atoms with E-state index in [1.165, 1.54) is 12.3 Å².